The van der Waals surface area contributed by atoms with E-state index in [0.29, 0.717) is 0 Å². The van der Waals surface area contributed by atoms with E-state index in [2.05, 4.69) is 29.3 Å². The number of pyridine rings is 3. The normalized spacial score (nSPS) is 14.3. The van der Waals surface area contributed by atoms with Crippen LogP contribution in [0.15, 0.2) is 59.1 Å². The smallest absolute Gasteiger partial charge is 0.160 e. The van der Waals surface area contributed by atoms with Gasteiger partial charge in [0.15, 0.2) is 5.65 Å². The predicted molar refractivity (Wildman–Crippen MR) is 132 cm³/mol. The number of fused-ring (bicyclic) bond motifs is 3. The Hall–Kier alpha value is -3.14. The van der Waals surface area contributed by atoms with Gasteiger partial charge in [0, 0.05) is 16.8 Å². The third-order valence-corrected chi connectivity index (χ3v) is 5.17. The highest BCUT2D eigenvalue weighted by Crippen LogP contribution is 2.35. The van der Waals surface area contributed by atoms with Crippen LogP contribution in [0, 0.1) is 6.92 Å². The van der Waals surface area contributed by atoms with Crippen molar-refractivity contribution in [2.45, 2.75) is 60.8 Å². The molecule has 0 amide bonds. The van der Waals surface area contributed by atoms with Gasteiger partial charge < -0.3 is 0 Å². The van der Waals surface area contributed by atoms with Gasteiger partial charge in [-0.1, -0.05) is 39.8 Å². The summed E-state index contributed by atoms with van der Waals surface area (Å²) in [7, 11) is 0. The van der Waals surface area contributed by atoms with E-state index < -0.39 is 0 Å². The van der Waals surface area contributed by atoms with Crippen LogP contribution in [0.4, 0.5) is 0 Å². The Morgan fingerprint density at radius 2 is 1.58 bits per heavy atom. The van der Waals surface area contributed by atoms with Crippen molar-refractivity contribution < 1.29 is 0 Å². The predicted octanol–water partition coefficient (Wildman–Crippen LogP) is 7.13. The second kappa shape index (κ2) is 10.3. The summed E-state index contributed by atoms with van der Waals surface area (Å²) in [5.41, 5.74) is 9.18. The molecule has 4 heterocycles. The van der Waals surface area contributed by atoms with Gasteiger partial charge in [-0.05, 0) is 80.7 Å². The van der Waals surface area contributed by atoms with Crippen molar-refractivity contribution in [3.05, 3.63) is 71.1 Å². The second-order valence-electron chi connectivity index (χ2n) is 7.22. The molecule has 160 valence electrons. The minimum absolute atomic E-state index is 0.758. The van der Waals surface area contributed by atoms with Gasteiger partial charge >= 0.3 is 0 Å². The maximum Gasteiger partial charge on any atom is 0.160 e. The van der Waals surface area contributed by atoms with Gasteiger partial charge in [0.25, 0.3) is 0 Å². The molecule has 4 nitrogen and oxygen atoms in total. The molecule has 4 heteroatoms. The summed E-state index contributed by atoms with van der Waals surface area (Å²) < 4.78 is 0. The molecule has 0 saturated carbocycles. The number of hydrogen-bond acceptors (Lipinski definition) is 4. The lowest BCUT2D eigenvalue weighted by molar-refractivity contribution is 0.876. The van der Waals surface area contributed by atoms with Gasteiger partial charge in [-0.3, -0.25) is 9.98 Å². The van der Waals surface area contributed by atoms with E-state index >= 15 is 0 Å². The van der Waals surface area contributed by atoms with Crippen LogP contribution < -0.4 is 0 Å². The topological polar surface area (TPSA) is 51.0 Å². The van der Waals surface area contributed by atoms with Crippen molar-refractivity contribution in [3.8, 4) is 11.4 Å². The van der Waals surface area contributed by atoms with Crippen LogP contribution >= 0.6 is 0 Å². The Morgan fingerprint density at radius 1 is 0.806 bits per heavy atom. The Bertz CT molecular complexity index is 1170. The number of nitrogens with zero attached hydrogens (tertiary/aromatic N) is 4. The summed E-state index contributed by atoms with van der Waals surface area (Å²) in [4.78, 5) is 19.2. The van der Waals surface area contributed by atoms with E-state index in [-0.39, 0.29) is 0 Å². The van der Waals surface area contributed by atoms with Crippen LogP contribution in [0.25, 0.3) is 28.1 Å². The third-order valence-electron chi connectivity index (χ3n) is 5.17. The van der Waals surface area contributed by atoms with E-state index in [1.165, 1.54) is 11.1 Å². The fourth-order valence-electron chi connectivity index (χ4n) is 3.81. The largest absolute Gasteiger partial charge is 0.252 e. The Morgan fingerprint density at radius 3 is 2.35 bits per heavy atom. The first-order valence-electron chi connectivity index (χ1n) is 11.4. The van der Waals surface area contributed by atoms with Gasteiger partial charge in [0.05, 0.1) is 22.8 Å². The van der Waals surface area contributed by atoms with Crippen molar-refractivity contribution in [1.29, 1.82) is 0 Å². The highest BCUT2D eigenvalue weighted by atomic mass is 14.9. The van der Waals surface area contributed by atoms with Crippen LogP contribution in [-0.4, -0.2) is 20.7 Å². The molecule has 31 heavy (non-hydrogen) atoms. The van der Waals surface area contributed by atoms with Gasteiger partial charge in [0.1, 0.15) is 0 Å². The van der Waals surface area contributed by atoms with Gasteiger partial charge in [-0.25, -0.2) is 9.97 Å². The molecule has 3 aromatic rings. The number of rotatable bonds is 1. The lowest BCUT2D eigenvalue weighted by Crippen LogP contribution is -2.07. The molecular formula is C27H32N4. The van der Waals surface area contributed by atoms with Crippen molar-refractivity contribution in [1.82, 2.24) is 15.0 Å². The highest BCUT2D eigenvalue weighted by Gasteiger charge is 2.22. The van der Waals surface area contributed by atoms with Crippen molar-refractivity contribution in [2.24, 2.45) is 4.99 Å². The van der Waals surface area contributed by atoms with Gasteiger partial charge in [0.2, 0.25) is 0 Å². The first-order valence-corrected chi connectivity index (χ1v) is 11.4. The van der Waals surface area contributed by atoms with Gasteiger partial charge in [-0.15, -0.1) is 0 Å². The third kappa shape index (κ3) is 4.79. The van der Waals surface area contributed by atoms with Crippen LogP contribution in [0.1, 0.15) is 64.4 Å². The molecule has 0 unspecified atom stereocenters. The van der Waals surface area contributed by atoms with E-state index in [9.17, 15) is 0 Å². The molecule has 0 fully saturated rings. The summed E-state index contributed by atoms with van der Waals surface area (Å²) in [6, 6.07) is 12.4. The van der Waals surface area contributed by atoms with Crippen LogP contribution in [0.3, 0.4) is 0 Å². The zero-order valence-electron chi connectivity index (χ0n) is 19.5. The minimum atomic E-state index is 0.758. The van der Waals surface area contributed by atoms with Gasteiger partial charge in [-0.2, -0.15) is 0 Å². The van der Waals surface area contributed by atoms with Crippen LogP contribution in [0.2, 0.25) is 0 Å². The lowest BCUT2D eigenvalue weighted by atomic mass is 9.91. The summed E-state index contributed by atoms with van der Waals surface area (Å²) in [6.45, 7) is 12.0. The summed E-state index contributed by atoms with van der Waals surface area (Å²) in [6.07, 6.45) is 7.32. The average Bonchev–Trinajstić information content (AvgIpc) is 3.01. The van der Waals surface area contributed by atoms with E-state index in [1.54, 1.807) is 0 Å². The molecule has 5 rings (SSSR count). The molecule has 0 saturated heterocycles. The average molecular weight is 413 g/mol. The zero-order valence-corrected chi connectivity index (χ0v) is 19.5. The molecule has 0 radical (unpaired) electrons. The van der Waals surface area contributed by atoms with E-state index in [4.69, 9.17) is 15.0 Å². The molecule has 3 aromatic heterocycles. The molecule has 0 aromatic carbocycles. The maximum atomic E-state index is 4.95. The molecule has 1 aliphatic carbocycles. The van der Waals surface area contributed by atoms with E-state index in [1.807, 2.05) is 65.8 Å². The summed E-state index contributed by atoms with van der Waals surface area (Å²) >= 11 is 0. The summed E-state index contributed by atoms with van der Waals surface area (Å²) in [5, 5.41) is 1.07. The minimum Gasteiger partial charge on any atom is -0.252 e. The Balaban J connectivity index is 0.000000645. The number of aryl methyl sites for hydroxylation is 2. The SMILES string of the molecule is CC.CC.CC1=NC2=C(CC=C1)CCc1cc3ccc(-c4cccc(C)n4)nc3nc12. The molecule has 0 spiro atoms. The zero-order chi connectivity index (χ0) is 22.4. The number of aliphatic imine (C=N–C) groups is 1. The Kier molecular flexibility index (Phi) is 7.45. The lowest BCUT2D eigenvalue weighted by Gasteiger charge is -2.19. The molecule has 0 atom stereocenters. The number of allylic oxidation sites excluding steroid dienone is 3. The number of aromatic nitrogens is 3. The maximum absolute atomic E-state index is 4.95. The van der Waals surface area contributed by atoms with Crippen LogP contribution in [0.5, 0.6) is 0 Å². The second-order valence-corrected chi connectivity index (χ2v) is 7.22. The van der Waals surface area contributed by atoms with Crippen molar-refractivity contribution >= 4 is 22.4 Å². The molecular weight excluding hydrogens is 380 g/mol. The van der Waals surface area contributed by atoms with Crippen molar-refractivity contribution in [2.75, 3.05) is 0 Å². The first kappa shape index (κ1) is 22.5. The highest BCUT2D eigenvalue weighted by molar-refractivity contribution is 5.98. The first-order chi connectivity index (χ1) is 15.2. The Labute approximate surface area is 185 Å². The molecule has 0 bridgehead atoms. The fourth-order valence-corrected chi connectivity index (χ4v) is 3.81. The monoisotopic (exact) mass is 412 g/mol. The van der Waals surface area contributed by atoms with E-state index in [0.717, 1.165) is 64.5 Å². The number of hydrogen-bond donors (Lipinski definition) is 0. The van der Waals surface area contributed by atoms with Crippen LogP contribution in [-0.2, 0) is 6.42 Å². The quantitative estimate of drug-likeness (QED) is 0.427. The fraction of sp³-hybridized carbons (Fsp3) is 0.333. The standard InChI is InChI=1S/C23H20N4.2C2H6/c1-14-6-4-8-19(24-14)20-12-11-18-13-17-10-9-16-7-3-5-15(2)25-21(16)22(17)27-23(18)26-20;2*1-2/h3-6,8,11-13H,7,9-10H2,1-2H3;2*1-2H3. The summed E-state index contributed by atoms with van der Waals surface area (Å²) in [5.74, 6) is 0. The molecule has 0 N–H and O–H groups in total. The molecule has 2 aliphatic rings. The molecule has 1 aliphatic heterocycles. The van der Waals surface area contributed by atoms with Crippen molar-refractivity contribution in [3.63, 3.8) is 0 Å².